The molecule has 0 amide bonds. The van der Waals surface area contributed by atoms with Gasteiger partial charge in [0.05, 0.1) is 5.56 Å². The van der Waals surface area contributed by atoms with E-state index in [1.165, 1.54) is 0 Å². The summed E-state index contributed by atoms with van der Waals surface area (Å²) in [6.45, 7) is 8.34. The van der Waals surface area contributed by atoms with Crippen molar-refractivity contribution in [3.63, 3.8) is 0 Å². The molecule has 3 nitrogen and oxygen atoms in total. The van der Waals surface area contributed by atoms with Gasteiger partial charge in [-0.1, -0.05) is 45.9 Å². The van der Waals surface area contributed by atoms with Crippen LogP contribution in [0.4, 0.5) is 0 Å². The molecular weight excluding hydrogens is 264 g/mol. The van der Waals surface area contributed by atoms with Gasteiger partial charge < -0.3 is 4.74 Å². The second kappa shape index (κ2) is 5.63. The first-order valence-corrected chi connectivity index (χ1v) is 7.54. The number of carbonyl (C=O) groups is 2. The summed E-state index contributed by atoms with van der Waals surface area (Å²) in [5.74, 6) is 0.0915. The van der Waals surface area contributed by atoms with Crippen LogP contribution < -0.4 is 0 Å². The Bertz CT molecular complexity index is 533. The monoisotopic (exact) mass is 288 g/mol. The molecule has 2 atom stereocenters. The van der Waals surface area contributed by atoms with Gasteiger partial charge in [-0.3, -0.25) is 4.79 Å². The maximum absolute atomic E-state index is 12.6. The van der Waals surface area contributed by atoms with E-state index in [0.717, 1.165) is 12.8 Å². The number of benzene rings is 1. The van der Waals surface area contributed by atoms with E-state index in [4.69, 9.17) is 4.74 Å². The lowest BCUT2D eigenvalue weighted by Crippen LogP contribution is -2.42. The van der Waals surface area contributed by atoms with Crippen molar-refractivity contribution in [2.75, 3.05) is 6.61 Å². The van der Waals surface area contributed by atoms with E-state index in [0.29, 0.717) is 11.5 Å². The third-order valence-corrected chi connectivity index (χ3v) is 5.69. The summed E-state index contributed by atoms with van der Waals surface area (Å²) in [5.41, 5.74) is 0.00148. The summed E-state index contributed by atoms with van der Waals surface area (Å²) in [7, 11) is 0. The van der Waals surface area contributed by atoms with E-state index in [-0.39, 0.29) is 17.8 Å². The van der Waals surface area contributed by atoms with Gasteiger partial charge in [0.15, 0.2) is 12.4 Å². The third kappa shape index (κ3) is 2.74. The number of rotatable bonds is 4. The lowest BCUT2D eigenvalue weighted by molar-refractivity contribution is -0.136. The topological polar surface area (TPSA) is 43.4 Å². The molecule has 0 aromatic heterocycles. The van der Waals surface area contributed by atoms with Gasteiger partial charge in [-0.25, -0.2) is 4.79 Å². The molecule has 1 aliphatic rings. The third-order valence-electron chi connectivity index (χ3n) is 5.69. The highest BCUT2D eigenvalue weighted by Crippen LogP contribution is 2.56. The lowest BCUT2D eigenvalue weighted by atomic mass is 9.64. The number of hydrogen-bond acceptors (Lipinski definition) is 3. The van der Waals surface area contributed by atoms with Crippen LogP contribution in [0.2, 0.25) is 0 Å². The molecule has 21 heavy (non-hydrogen) atoms. The fourth-order valence-corrected chi connectivity index (χ4v) is 3.18. The molecule has 0 radical (unpaired) electrons. The zero-order chi connectivity index (χ0) is 15.7. The Morgan fingerprint density at radius 3 is 2.33 bits per heavy atom. The summed E-state index contributed by atoms with van der Waals surface area (Å²) in [5, 5.41) is 0. The Morgan fingerprint density at radius 1 is 1.19 bits per heavy atom. The normalized spacial score (nSPS) is 27.3. The number of hydrogen-bond donors (Lipinski definition) is 0. The number of esters is 1. The molecule has 0 spiro atoms. The van der Waals surface area contributed by atoms with Crippen LogP contribution in [-0.2, 0) is 9.53 Å². The van der Waals surface area contributed by atoms with Crippen molar-refractivity contribution in [2.45, 2.75) is 40.5 Å². The van der Waals surface area contributed by atoms with Crippen molar-refractivity contribution in [3.05, 3.63) is 35.9 Å². The molecule has 0 bridgehead atoms. The summed E-state index contributed by atoms with van der Waals surface area (Å²) >= 11 is 0. The lowest BCUT2D eigenvalue weighted by Gasteiger charge is -2.39. The minimum absolute atomic E-state index is 0.0288. The molecule has 1 aromatic rings. The molecule has 1 aliphatic carbocycles. The van der Waals surface area contributed by atoms with E-state index in [2.05, 4.69) is 20.8 Å². The highest BCUT2D eigenvalue weighted by atomic mass is 16.5. The van der Waals surface area contributed by atoms with Crippen LogP contribution in [0.1, 0.15) is 50.9 Å². The molecule has 1 aromatic carbocycles. The molecule has 2 rings (SSSR count). The zero-order valence-corrected chi connectivity index (χ0v) is 13.3. The Morgan fingerprint density at radius 2 is 1.81 bits per heavy atom. The Labute approximate surface area is 126 Å². The molecule has 1 fully saturated rings. The first-order valence-electron chi connectivity index (χ1n) is 7.54. The SMILES string of the molecule is C[C@@H]1CC[C@](C)(C(=O)COC(=O)c2ccccc2)C1(C)C. The van der Waals surface area contributed by atoms with E-state index < -0.39 is 11.4 Å². The predicted octanol–water partition coefficient (Wildman–Crippen LogP) is 3.87. The van der Waals surface area contributed by atoms with Gasteiger partial charge in [0.1, 0.15) is 0 Å². The number of carbonyl (C=O) groups excluding carboxylic acids is 2. The number of ketones is 1. The average molecular weight is 288 g/mol. The van der Waals surface area contributed by atoms with Gasteiger partial charge in [0.2, 0.25) is 0 Å². The molecular formula is C18H24O3. The van der Waals surface area contributed by atoms with Gasteiger partial charge in [-0.2, -0.15) is 0 Å². The highest BCUT2D eigenvalue weighted by Gasteiger charge is 2.53. The van der Waals surface area contributed by atoms with Crippen LogP contribution in [0, 0.1) is 16.7 Å². The fraction of sp³-hybridized carbons (Fsp3) is 0.556. The van der Waals surface area contributed by atoms with Crippen LogP contribution in [0.5, 0.6) is 0 Å². The van der Waals surface area contributed by atoms with Gasteiger partial charge in [0.25, 0.3) is 0 Å². The van der Waals surface area contributed by atoms with Crippen LogP contribution in [0.15, 0.2) is 30.3 Å². The van der Waals surface area contributed by atoms with Crippen molar-refractivity contribution in [1.82, 2.24) is 0 Å². The summed E-state index contributed by atoms with van der Waals surface area (Å²) in [6.07, 6.45) is 1.91. The molecule has 0 aliphatic heterocycles. The van der Waals surface area contributed by atoms with Gasteiger partial charge in [0, 0.05) is 5.41 Å². The van der Waals surface area contributed by atoms with Crippen molar-refractivity contribution >= 4 is 11.8 Å². The molecule has 3 heteroatoms. The molecule has 0 N–H and O–H groups in total. The first-order chi connectivity index (χ1) is 9.79. The number of ether oxygens (including phenoxy) is 1. The minimum atomic E-state index is -0.434. The second-order valence-electron chi connectivity index (χ2n) is 6.86. The average Bonchev–Trinajstić information content (AvgIpc) is 2.69. The van der Waals surface area contributed by atoms with Crippen LogP contribution in [-0.4, -0.2) is 18.4 Å². The Balaban J connectivity index is 2.01. The van der Waals surface area contributed by atoms with Gasteiger partial charge >= 0.3 is 5.97 Å². The van der Waals surface area contributed by atoms with Crippen LogP contribution >= 0.6 is 0 Å². The van der Waals surface area contributed by atoms with Crippen molar-refractivity contribution in [3.8, 4) is 0 Å². The minimum Gasteiger partial charge on any atom is -0.454 e. The fourth-order valence-electron chi connectivity index (χ4n) is 3.18. The smallest absolute Gasteiger partial charge is 0.338 e. The summed E-state index contributed by atoms with van der Waals surface area (Å²) < 4.78 is 5.21. The molecule has 114 valence electrons. The standard InChI is InChI=1S/C18H24O3/c1-13-10-11-18(4,17(13,2)3)15(19)12-21-16(20)14-8-6-5-7-9-14/h5-9,13H,10-12H2,1-4H3/t13-,18-/m1/s1. The van der Waals surface area contributed by atoms with Crippen LogP contribution in [0.25, 0.3) is 0 Å². The summed E-state index contributed by atoms with van der Waals surface area (Å²) in [4.78, 5) is 24.5. The molecule has 0 heterocycles. The largest absolute Gasteiger partial charge is 0.454 e. The van der Waals surface area contributed by atoms with Crippen LogP contribution in [0.3, 0.4) is 0 Å². The Kier molecular flexibility index (Phi) is 4.22. The second-order valence-corrected chi connectivity index (χ2v) is 6.86. The van der Waals surface area contributed by atoms with E-state index in [1.807, 2.05) is 13.0 Å². The highest BCUT2D eigenvalue weighted by molar-refractivity contribution is 5.93. The van der Waals surface area contributed by atoms with Crippen molar-refractivity contribution < 1.29 is 14.3 Å². The molecule has 1 saturated carbocycles. The first kappa shape index (κ1) is 15.7. The predicted molar refractivity (Wildman–Crippen MR) is 82.0 cm³/mol. The van der Waals surface area contributed by atoms with Crippen molar-refractivity contribution in [1.29, 1.82) is 0 Å². The summed E-state index contributed by atoms with van der Waals surface area (Å²) in [6, 6.07) is 8.78. The maximum Gasteiger partial charge on any atom is 0.338 e. The van der Waals surface area contributed by atoms with E-state index in [9.17, 15) is 9.59 Å². The maximum atomic E-state index is 12.6. The zero-order valence-electron chi connectivity index (χ0n) is 13.3. The number of Topliss-reactive ketones (excluding diaryl/α,β-unsaturated/α-hetero) is 1. The quantitative estimate of drug-likeness (QED) is 0.790. The van der Waals surface area contributed by atoms with E-state index >= 15 is 0 Å². The van der Waals surface area contributed by atoms with Gasteiger partial charge in [-0.05, 0) is 36.3 Å². The van der Waals surface area contributed by atoms with E-state index in [1.54, 1.807) is 24.3 Å². The molecule has 0 unspecified atom stereocenters. The van der Waals surface area contributed by atoms with Crippen molar-refractivity contribution in [2.24, 2.45) is 16.7 Å². The molecule has 0 saturated heterocycles. The van der Waals surface area contributed by atoms with Gasteiger partial charge in [-0.15, -0.1) is 0 Å². The Hall–Kier alpha value is -1.64.